The molecule has 0 aliphatic heterocycles. The molecule has 8 heteroatoms. The second-order valence-corrected chi connectivity index (χ2v) is 3.95. The molecule has 3 heterocycles. The van der Waals surface area contributed by atoms with E-state index in [0.717, 1.165) is 0 Å². The number of pyridine rings is 1. The van der Waals surface area contributed by atoms with Crippen molar-refractivity contribution in [3.05, 3.63) is 59.2 Å². The Kier molecular flexibility index (Phi) is 4.02. The molecule has 0 aromatic carbocycles. The first-order valence-electron chi connectivity index (χ1n) is 5.64. The van der Waals surface area contributed by atoms with Crippen LogP contribution in [0.4, 0.5) is 0 Å². The van der Waals surface area contributed by atoms with Gasteiger partial charge in [-0.25, -0.2) is 9.97 Å². The summed E-state index contributed by atoms with van der Waals surface area (Å²) in [6.45, 7) is -0.0762. The Morgan fingerprint density at radius 3 is 2.80 bits per heavy atom. The van der Waals surface area contributed by atoms with Crippen molar-refractivity contribution in [2.24, 2.45) is 0 Å². The molecule has 0 aliphatic carbocycles. The third-order valence-corrected chi connectivity index (χ3v) is 2.76. The van der Waals surface area contributed by atoms with Crippen molar-refractivity contribution in [1.82, 2.24) is 24.3 Å². The highest BCUT2D eigenvalue weighted by molar-refractivity contribution is 5.85. The molecule has 20 heavy (non-hydrogen) atoms. The van der Waals surface area contributed by atoms with Gasteiger partial charge in [0.25, 0.3) is 5.56 Å². The molecule has 0 spiro atoms. The van der Waals surface area contributed by atoms with E-state index < -0.39 is 0 Å². The first-order valence-corrected chi connectivity index (χ1v) is 5.64. The van der Waals surface area contributed by atoms with Crippen molar-refractivity contribution in [2.75, 3.05) is 0 Å². The molecular formula is C12H12ClN5O2. The summed E-state index contributed by atoms with van der Waals surface area (Å²) >= 11 is 0. The number of halogens is 1. The van der Waals surface area contributed by atoms with Crippen molar-refractivity contribution in [2.45, 2.75) is 6.61 Å². The molecular weight excluding hydrogens is 282 g/mol. The van der Waals surface area contributed by atoms with E-state index in [2.05, 4.69) is 15.1 Å². The van der Waals surface area contributed by atoms with E-state index in [-0.39, 0.29) is 24.6 Å². The summed E-state index contributed by atoms with van der Waals surface area (Å²) in [4.78, 5) is 20.2. The average Bonchev–Trinajstić information content (AvgIpc) is 3.08. The molecule has 0 saturated heterocycles. The lowest BCUT2D eigenvalue weighted by atomic mass is 10.3. The number of aliphatic hydroxyl groups is 1. The van der Waals surface area contributed by atoms with Gasteiger partial charge in [0, 0.05) is 24.8 Å². The third kappa shape index (κ3) is 2.36. The average molecular weight is 294 g/mol. The first-order chi connectivity index (χ1) is 9.29. The van der Waals surface area contributed by atoms with E-state index in [4.69, 9.17) is 5.11 Å². The van der Waals surface area contributed by atoms with Crippen molar-refractivity contribution < 1.29 is 5.11 Å². The highest BCUT2D eigenvalue weighted by atomic mass is 35.5. The minimum atomic E-state index is -0.220. The van der Waals surface area contributed by atoms with Crippen LogP contribution >= 0.6 is 12.4 Å². The van der Waals surface area contributed by atoms with E-state index >= 15 is 0 Å². The van der Waals surface area contributed by atoms with Gasteiger partial charge in [-0.3, -0.25) is 14.5 Å². The molecule has 104 valence electrons. The summed E-state index contributed by atoms with van der Waals surface area (Å²) in [5, 5.41) is 11.8. The Morgan fingerprint density at radius 1 is 1.35 bits per heavy atom. The predicted molar refractivity (Wildman–Crippen MR) is 74.5 cm³/mol. The maximum absolute atomic E-state index is 12.2. The summed E-state index contributed by atoms with van der Waals surface area (Å²) < 4.78 is 2.95. The molecule has 3 rings (SSSR count). The molecule has 7 nitrogen and oxygen atoms in total. The van der Waals surface area contributed by atoms with E-state index in [0.29, 0.717) is 17.1 Å². The van der Waals surface area contributed by atoms with Crippen LogP contribution in [0.3, 0.4) is 0 Å². The molecule has 0 atom stereocenters. The van der Waals surface area contributed by atoms with E-state index in [1.807, 2.05) is 0 Å². The zero-order valence-electron chi connectivity index (χ0n) is 10.3. The van der Waals surface area contributed by atoms with Crippen LogP contribution in [-0.2, 0) is 6.61 Å². The highest BCUT2D eigenvalue weighted by Crippen LogP contribution is 2.05. The normalized spacial score (nSPS) is 10.2. The zero-order valence-corrected chi connectivity index (χ0v) is 11.1. The highest BCUT2D eigenvalue weighted by Gasteiger charge is 2.09. The van der Waals surface area contributed by atoms with Gasteiger partial charge >= 0.3 is 0 Å². The Morgan fingerprint density at radius 2 is 2.20 bits per heavy atom. The molecule has 3 aromatic heterocycles. The Balaban J connectivity index is 0.00000147. The summed E-state index contributed by atoms with van der Waals surface area (Å²) in [5.74, 6) is 0.466. The van der Waals surface area contributed by atoms with Gasteiger partial charge in [0.2, 0.25) is 0 Å². The fourth-order valence-electron chi connectivity index (χ4n) is 1.76. The number of aromatic amines is 1. The largest absolute Gasteiger partial charge is 0.392 e. The van der Waals surface area contributed by atoms with Crippen molar-refractivity contribution in [3.63, 3.8) is 0 Å². The molecule has 2 N–H and O–H groups in total. The molecule has 0 amide bonds. The van der Waals surface area contributed by atoms with Crippen LogP contribution < -0.4 is 5.56 Å². The van der Waals surface area contributed by atoms with E-state index in [1.165, 1.54) is 10.9 Å². The number of rotatable bonds is 3. The maximum Gasteiger partial charge on any atom is 0.296 e. The number of aromatic nitrogens is 5. The summed E-state index contributed by atoms with van der Waals surface area (Å²) in [7, 11) is 0. The van der Waals surface area contributed by atoms with Crippen LogP contribution in [-0.4, -0.2) is 29.4 Å². The molecule has 0 radical (unpaired) electrons. The monoisotopic (exact) mass is 293 g/mol. The number of imidazole rings is 1. The Hall–Kier alpha value is -2.38. The summed E-state index contributed by atoms with van der Waals surface area (Å²) in [6.07, 6.45) is 7.96. The molecule has 0 fully saturated rings. The van der Waals surface area contributed by atoms with Crippen LogP contribution in [0.25, 0.3) is 11.5 Å². The Bertz CT molecular complexity index is 730. The number of hydrogen-bond donors (Lipinski definition) is 2. The van der Waals surface area contributed by atoms with Crippen molar-refractivity contribution in [1.29, 1.82) is 0 Å². The predicted octanol–water partition coefficient (Wildman–Crippen LogP) is 0.660. The third-order valence-electron chi connectivity index (χ3n) is 2.76. The van der Waals surface area contributed by atoms with Crippen LogP contribution in [0.15, 0.2) is 48.0 Å². The molecule has 0 unspecified atom stereocenters. The SMILES string of the molecule is Cl.O=c1c(-n2ccnc2)c[nH]n1-c1ccc(CO)cn1. The molecule has 3 aromatic rings. The van der Waals surface area contributed by atoms with Gasteiger partial charge in [0.05, 0.1) is 12.9 Å². The van der Waals surface area contributed by atoms with Gasteiger partial charge < -0.3 is 5.11 Å². The van der Waals surface area contributed by atoms with Gasteiger partial charge in [-0.15, -0.1) is 12.4 Å². The summed E-state index contributed by atoms with van der Waals surface area (Å²) in [6, 6.07) is 3.38. The lowest BCUT2D eigenvalue weighted by Gasteiger charge is -2.01. The Labute approximate surface area is 119 Å². The number of H-pyrrole nitrogens is 1. The number of nitrogens with one attached hydrogen (secondary N) is 1. The fourth-order valence-corrected chi connectivity index (χ4v) is 1.76. The van der Waals surface area contributed by atoms with Crippen molar-refractivity contribution >= 4 is 12.4 Å². The van der Waals surface area contributed by atoms with Crippen LogP contribution in [0.2, 0.25) is 0 Å². The number of nitrogens with zero attached hydrogens (tertiary/aromatic N) is 4. The molecule has 0 aliphatic rings. The topological polar surface area (TPSA) is 88.7 Å². The second kappa shape index (κ2) is 5.72. The smallest absolute Gasteiger partial charge is 0.296 e. The van der Waals surface area contributed by atoms with E-state index in [9.17, 15) is 4.79 Å². The van der Waals surface area contributed by atoms with Gasteiger partial charge in [-0.05, 0) is 11.6 Å². The fraction of sp³-hybridized carbons (Fsp3) is 0.0833. The number of hydrogen-bond acceptors (Lipinski definition) is 4. The standard InChI is InChI=1S/C12H11N5O2.ClH/c18-7-9-1-2-11(14-5-9)17-12(19)10(6-15-17)16-4-3-13-8-16;/h1-6,8,15,18H,7H2;1H. The molecule has 0 saturated carbocycles. The van der Waals surface area contributed by atoms with Crippen LogP contribution in [0.1, 0.15) is 5.56 Å². The second-order valence-electron chi connectivity index (χ2n) is 3.95. The van der Waals surface area contributed by atoms with E-state index in [1.54, 1.807) is 41.6 Å². The van der Waals surface area contributed by atoms with Gasteiger partial charge in [-0.2, -0.15) is 4.68 Å². The summed E-state index contributed by atoms with van der Waals surface area (Å²) in [5.41, 5.74) is 0.936. The minimum Gasteiger partial charge on any atom is -0.392 e. The van der Waals surface area contributed by atoms with Gasteiger partial charge in [0.15, 0.2) is 5.82 Å². The zero-order chi connectivity index (χ0) is 13.2. The van der Waals surface area contributed by atoms with Crippen LogP contribution in [0, 0.1) is 0 Å². The minimum absolute atomic E-state index is 0. The first kappa shape index (κ1) is 14.0. The van der Waals surface area contributed by atoms with Crippen LogP contribution in [0.5, 0.6) is 0 Å². The lowest BCUT2D eigenvalue weighted by Crippen LogP contribution is -2.18. The van der Waals surface area contributed by atoms with Gasteiger partial charge in [-0.1, -0.05) is 6.07 Å². The van der Waals surface area contributed by atoms with Gasteiger partial charge in [0.1, 0.15) is 5.69 Å². The lowest BCUT2D eigenvalue weighted by molar-refractivity contribution is 0.281. The molecule has 0 bridgehead atoms. The van der Waals surface area contributed by atoms with Crippen molar-refractivity contribution in [3.8, 4) is 11.5 Å². The quantitative estimate of drug-likeness (QED) is 0.742. The number of aliphatic hydroxyl groups excluding tert-OH is 1. The maximum atomic E-state index is 12.2.